The highest BCUT2D eigenvalue weighted by atomic mass is 35.5. The van der Waals surface area contributed by atoms with Gasteiger partial charge in [0.1, 0.15) is 20.1 Å². The van der Waals surface area contributed by atoms with Crippen molar-refractivity contribution >= 4 is 56.3 Å². The number of aromatic nitrogens is 2. The highest BCUT2D eigenvalue weighted by molar-refractivity contribution is 7.94. The molecular weight excluding hydrogens is 349 g/mol. The summed E-state index contributed by atoms with van der Waals surface area (Å²) in [6, 6.07) is 3.55. The second kappa shape index (κ2) is 5.52. The van der Waals surface area contributed by atoms with Crippen LogP contribution in [0.4, 0.5) is 5.82 Å². The highest BCUT2D eigenvalue weighted by Gasteiger charge is 2.20. The van der Waals surface area contributed by atoms with Crippen LogP contribution >= 0.6 is 34.5 Å². The van der Waals surface area contributed by atoms with Gasteiger partial charge in [0.05, 0.1) is 0 Å². The topological polar surface area (TPSA) is 109 Å². The van der Waals surface area contributed by atoms with E-state index in [2.05, 4.69) is 14.7 Å². The SMILES string of the molecule is O=C(O)c1ccc(S(=O)(=O)Nc2cc(Cl)nc(Cl)n2)s1. The number of thiophene rings is 1. The van der Waals surface area contributed by atoms with Crippen LogP contribution in [0.25, 0.3) is 0 Å². The van der Waals surface area contributed by atoms with E-state index in [0.29, 0.717) is 11.3 Å². The fourth-order valence-corrected chi connectivity index (χ4v) is 3.76. The molecule has 20 heavy (non-hydrogen) atoms. The van der Waals surface area contributed by atoms with E-state index in [9.17, 15) is 13.2 Å². The Bertz CT molecular complexity index is 755. The summed E-state index contributed by atoms with van der Waals surface area (Å²) in [4.78, 5) is 17.9. The van der Waals surface area contributed by atoms with Crippen LogP contribution in [0, 0.1) is 0 Å². The minimum atomic E-state index is -3.96. The number of rotatable bonds is 4. The maximum atomic E-state index is 12.0. The first kappa shape index (κ1) is 15.0. The lowest BCUT2D eigenvalue weighted by atomic mass is 10.5. The Morgan fingerprint density at radius 2 is 2.00 bits per heavy atom. The summed E-state index contributed by atoms with van der Waals surface area (Å²) in [6.07, 6.45) is 0. The van der Waals surface area contributed by atoms with Gasteiger partial charge < -0.3 is 5.11 Å². The third-order valence-electron chi connectivity index (χ3n) is 1.96. The Hall–Kier alpha value is -1.42. The van der Waals surface area contributed by atoms with Crippen molar-refractivity contribution in [1.82, 2.24) is 9.97 Å². The fourth-order valence-electron chi connectivity index (χ4n) is 1.21. The number of anilines is 1. The molecule has 2 heterocycles. The standard InChI is InChI=1S/C9H5Cl2N3O4S2/c10-5-3-6(13-9(11)12-5)14-20(17,18)7-2-1-4(19-7)8(15)16/h1-3H,(H,15,16)(H,12,13,14). The van der Waals surface area contributed by atoms with Gasteiger partial charge in [-0.2, -0.15) is 4.98 Å². The molecule has 2 aromatic rings. The van der Waals surface area contributed by atoms with Crippen molar-refractivity contribution in [2.24, 2.45) is 0 Å². The number of aromatic carboxylic acids is 1. The van der Waals surface area contributed by atoms with E-state index in [1.807, 2.05) is 0 Å². The monoisotopic (exact) mass is 353 g/mol. The lowest BCUT2D eigenvalue weighted by Crippen LogP contribution is -2.12. The molecule has 0 atom stereocenters. The van der Waals surface area contributed by atoms with E-state index in [4.69, 9.17) is 28.3 Å². The molecule has 0 saturated carbocycles. The number of hydrogen-bond donors (Lipinski definition) is 2. The minimum absolute atomic E-state index is 0.0277. The van der Waals surface area contributed by atoms with Crippen LogP contribution < -0.4 is 4.72 Å². The zero-order valence-electron chi connectivity index (χ0n) is 9.37. The van der Waals surface area contributed by atoms with Gasteiger partial charge in [-0.15, -0.1) is 11.3 Å². The second-order valence-electron chi connectivity index (χ2n) is 3.37. The van der Waals surface area contributed by atoms with E-state index in [1.165, 1.54) is 18.2 Å². The van der Waals surface area contributed by atoms with Gasteiger partial charge >= 0.3 is 5.97 Å². The predicted octanol–water partition coefficient (Wildman–Crippen LogP) is 2.34. The number of nitrogens with zero attached hydrogens (tertiary/aromatic N) is 2. The van der Waals surface area contributed by atoms with Gasteiger partial charge in [-0.1, -0.05) is 11.6 Å². The number of carboxylic acid groups (broad SMARTS) is 1. The van der Waals surface area contributed by atoms with Crippen LogP contribution in [0.2, 0.25) is 10.4 Å². The zero-order chi connectivity index (χ0) is 14.9. The predicted molar refractivity (Wildman–Crippen MR) is 74.1 cm³/mol. The van der Waals surface area contributed by atoms with Gasteiger partial charge in [0.25, 0.3) is 10.0 Å². The first-order valence-corrected chi connectivity index (χ1v) is 7.89. The van der Waals surface area contributed by atoms with Gasteiger partial charge in [-0.05, 0) is 23.7 Å². The number of halogens is 2. The largest absolute Gasteiger partial charge is 0.477 e. The Labute approximate surface area is 127 Å². The van der Waals surface area contributed by atoms with Crippen LogP contribution in [-0.4, -0.2) is 29.5 Å². The van der Waals surface area contributed by atoms with E-state index in [0.717, 1.165) is 0 Å². The number of carboxylic acids is 1. The molecule has 0 unspecified atom stereocenters. The molecule has 2 N–H and O–H groups in total. The molecule has 0 aliphatic heterocycles. The van der Waals surface area contributed by atoms with Crippen molar-refractivity contribution in [3.63, 3.8) is 0 Å². The summed E-state index contributed by atoms with van der Waals surface area (Å²) in [5, 5.41) is 8.52. The zero-order valence-corrected chi connectivity index (χ0v) is 12.5. The Morgan fingerprint density at radius 3 is 2.55 bits per heavy atom. The molecule has 2 rings (SSSR count). The van der Waals surface area contributed by atoms with E-state index < -0.39 is 16.0 Å². The van der Waals surface area contributed by atoms with Gasteiger partial charge in [0, 0.05) is 6.07 Å². The smallest absolute Gasteiger partial charge is 0.345 e. The molecular formula is C9H5Cl2N3O4S2. The van der Waals surface area contributed by atoms with Crippen molar-refractivity contribution in [3.8, 4) is 0 Å². The minimum Gasteiger partial charge on any atom is -0.477 e. The van der Waals surface area contributed by atoms with E-state index in [-0.39, 0.29) is 25.3 Å². The Balaban J connectivity index is 2.32. The van der Waals surface area contributed by atoms with Gasteiger partial charge in [0.15, 0.2) is 0 Å². The third-order valence-corrected chi connectivity index (χ3v) is 5.25. The molecule has 0 spiro atoms. The normalized spacial score (nSPS) is 11.3. The average molecular weight is 354 g/mol. The van der Waals surface area contributed by atoms with Crippen molar-refractivity contribution in [3.05, 3.63) is 33.5 Å². The van der Waals surface area contributed by atoms with Crippen LogP contribution in [0.3, 0.4) is 0 Å². The molecule has 11 heteroatoms. The maximum absolute atomic E-state index is 12.0. The summed E-state index contributed by atoms with van der Waals surface area (Å²) in [6.45, 7) is 0. The van der Waals surface area contributed by atoms with E-state index in [1.54, 1.807) is 0 Å². The fraction of sp³-hybridized carbons (Fsp3) is 0. The molecule has 0 aliphatic carbocycles. The molecule has 0 bridgehead atoms. The molecule has 0 aromatic carbocycles. The number of sulfonamides is 1. The Morgan fingerprint density at radius 1 is 1.30 bits per heavy atom. The highest BCUT2D eigenvalue weighted by Crippen LogP contribution is 2.24. The molecule has 0 aliphatic rings. The Kier molecular flexibility index (Phi) is 4.14. The average Bonchev–Trinajstić information content (AvgIpc) is 2.76. The molecule has 7 nitrogen and oxygen atoms in total. The van der Waals surface area contributed by atoms with Crippen molar-refractivity contribution in [2.45, 2.75) is 4.21 Å². The lowest BCUT2D eigenvalue weighted by molar-refractivity contribution is 0.0702. The van der Waals surface area contributed by atoms with Crippen LogP contribution in [0.15, 0.2) is 22.4 Å². The molecule has 2 aromatic heterocycles. The molecule has 106 valence electrons. The molecule has 0 fully saturated rings. The van der Waals surface area contributed by atoms with Crippen molar-refractivity contribution in [1.29, 1.82) is 0 Å². The molecule has 0 saturated heterocycles. The van der Waals surface area contributed by atoms with Crippen LogP contribution in [0.5, 0.6) is 0 Å². The van der Waals surface area contributed by atoms with Crippen LogP contribution in [0.1, 0.15) is 9.67 Å². The second-order valence-corrected chi connectivity index (χ2v) is 7.09. The number of carbonyl (C=O) groups is 1. The number of hydrogen-bond acceptors (Lipinski definition) is 6. The quantitative estimate of drug-likeness (QED) is 0.644. The summed E-state index contributed by atoms with van der Waals surface area (Å²) in [5.41, 5.74) is 0. The first-order valence-electron chi connectivity index (χ1n) is 4.84. The lowest BCUT2D eigenvalue weighted by Gasteiger charge is -2.05. The number of nitrogens with one attached hydrogen (secondary N) is 1. The van der Waals surface area contributed by atoms with Gasteiger partial charge in [-0.25, -0.2) is 18.2 Å². The maximum Gasteiger partial charge on any atom is 0.345 e. The summed E-state index contributed by atoms with van der Waals surface area (Å²) in [5.74, 6) is -1.31. The third kappa shape index (κ3) is 3.37. The van der Waals surface area contributed by atoms with Crippen LogP contribution in [-0.2, 0) is 10.0 Å². The summed E-state index contributed by atoms with van der Waals surface area (Å²) < 4.78 is 26.0. The van der Waals surface area contributed by atoms with Gasteiger partial charge in [0.2, 0.25) is 5.28 Å². The van der Waals surface area contributed by atoms with E-state index >= 15 is 0 Å². The summed E-state index contributed by atoms with van der Waals surface area (Å²) in [7, 11) is -3.96. The molecule has 0 amide bonds. The van der Waals surface area contributed by atoms with Crippen molar-refractivity contribution in [2.75, 3.05) is 4.72 Å². The first-order chi connectivity index (χ1) is 9.28. The van der Waals surface area contributed by atoms with Gasteiger partial charge in [-0.3, -0.25) is 4.72 Å². The molecule has 0 radical (unpaired) electrons. The van der Waals surface area contributed by atoms with Crippen molar-refractivity contribution < 1.29 is 18.3 Å². The summed E-state index contributed by atoms with van der Waals surface area (Å²) >= 11 is 11.8.